The predicted octanol–water partition coefficient (Wildman–Crippen LogP) is 2.62. The summed E-state index contributed by atoms with van der Waals surface area (Å²) in [6, 6.07) is 5.78. The van der Waals surface area contributed by atoms with Crippen molar-refractivity contribution in [2.24, 2.45) is 5.73 Å². The second-order valence-corrected chi connectivity index (χ2v) is 4.67. The molecule has 1 aromatic carbocycles. The summed E-state index contributed by atoms with van der Waals surface area (Å²) in [6.07, 6.45) is 1.62. The second kappa shape index (κ2) is 6.89. The van der Waals surface area contributed by atoms with Crippen molar-refractivity contribution in [1.29, 1.82) is 0 Å². The van der Waals surface area contributed by atoms with Crippen LogP contribution in [0.1, 0.15) is 31.4 Å². The molecule has 3 N–H and O–H groups in total. The molecular formula is C12H18BrNO2. The lowest BCUT2D eigenvalue weighted by atomic mass is 10.1. The first-order valence-electron chi connectivity index (χ1n) is 5.44. The monoisotopic (exact) mass is 287 g/mol. The van der Waals surface area contributed by atoms with Crippen molar-refractivity contribution in [3.63, 3.8) is 0 Å². The first-order valence-corrected chi connectivity index (χ1v) is 6.23. The van der Waals surface area contributed by atoms with Gasteiger partial charge in [0.15, 0.2) is 0 Å². The highest BCUT2D eigenvalue weighted by Gasteiger charge is 2.08. The van der Waals surface area contributed by atoms with Crippen LogP contribution < -0.4 is 10.5 Å². The van der Waals surface area contributed by atoms with E-state index >= 15 is 0 Å². The van der Waals surface area contributed by atoms with Crippen LogP contribution in [-0.2, 0) is 0 Å². The van der Waals surface area contributed by atoms with Crippen LogP contribution in [0, 0.1) is 0 Å². The summed E-state index contributed by atoms with van der Waals surface area (Å²) >= 11 is 3.41. The van der Waals surface area contributed by atoms with E-state index in [4.69, 9.17) is 15.6 Å². The van der Waals surface area contributed by atoms with Crippen LogP contribution in [0.3, 0.4) is 0 Å². The van der Waals surface area contributed by atoms with Gasteiger partial charge in [0, 0.05) is 22.7 Å². The Kier molecular flexibility index (Phi) is 5.80. The molecule has 4 heteroatoms. The highest BCUT2D eigenvalue weighted by atomic mass is 79.9. The largest absolute Gasteiger partial charge is 0.493 e. The number of hydrogen-bond donors (Lipinski definition) is 2. The van der Waals surface area contributed by atoms with Crippen LogP contribution >= 0.6 is 15.9 Å². The zero-order chi connectivity index (χ0) is 12.0. The van der Waals surface area contributed by atoms with Gasteiger partial charge < -0.3 is 15.6 Å². The topological polar surface area (TPSA) is 55.5 Å². The molecule has 1 aromatic rings. The second-order valence-electron chi connectivity index (χ2n) is 3.75. The zero-order valence-corrected chi connectivity index (χ0v) is 11.0. The molecule has 90 valence electrons. The molecule has 0 radical (unpaired) electrons. The number of unbranched alkanes of at least 4 members (excludes halogenated alkanes) is 1. The molecule has 0 saturated carbocycles. The minimum Gasteiger partial charge on any atom is -0.493 e. The van der Waals surface area contributed by atoms with Gasteiger partial charge in [-0.1, -0.05) is 15.9 Å². The number of benzene rings is 1. The summed E-state index contributed by atoms with van der Waals surface area (Å²) in [4.78, 5) is 0. The van der Waals surface area contributed by atoms with Crippen molar-refractivity contribution in [3.8, 4) is 5.75 Å². The zero-order valence-electron chi connectivity index (χ0n) is 9.45. The van der Waals surface area contributed by atoms with Gasteiger partial charge in [-0.3, -0.25) is 0 Å². The lowest BCUT2D eigenvalue weighted by molar-refractivity contribution is 0.252. The van der Waals surface area contributed by atoms with Crippen LogP contribution in [0.4, 0.5) is 0 Å². The van der Waals surface area contributed by atoms with Crippen LogP contribution in [-0.4, -0.2) is 18.3 Å². The molecule has 0 aromatic heterocycles. The highest BCUT2D eigenvalue weighted by Crippen LogP contribution is 2.27. The molecule has 1 atom stereocenters. The maximum atomic E-state index is 8.66. The van der Waals surface area contributed by atoms with Crippen molar-refractivity contribution >= 4 is 15.9 Å². The van der Waals surface area contributed by atoms with Gasteiger partial charge in [0.05, 0.1) is 6.61 Å². The predicted molar refractivity (Wildman–Crippen MR) is 68.6 cm³/mol. The maximum Gasteiger partial charge on any atom is 0.124 e. The Morgan fingerprint density at radius 2 is 2.19 bits per heavy atom. The van der Waals surface area contributed by atoms with Crippen LogP contribution in [0.15, 0.2) is 22.7 Å². The maximum absolute atomic E-state index is 8.66. The lowest BCUT2D eigenvalue weighted by Crippen LogP contribution is -2.09. The summed E-state index contributed by atoms with van der Waals surface area (Å²) < 4.78 is 6.65. The minimum absolute atomic E-state index is 0.0506. The van der Waals surface area contributed by atoms with Gasteiger partial charge in [-0.2, -0.15) is 0 Å². The number of aliphatic hydroxyl groups is 1. The van der Waals surface area contributed by atoms with E-state index in [0.717, 1.165) is 28.6 Å². The average molecular weight is 288 g/mol. The molecule has 0 bridgehead atoms. The van der Waals surface area contributed by atoms with E-state index in [-0.39, 0.29) is 12.6 Å². The molecule has 0 saturated heterocycles. The fourth-order valence-corrected chi connectivity index (χ4v) is 1.78. The Labute approximate surface area is 105 Å². The first kappa shape index (κ1) is 13.5. The van der Waals surface area contributed by atoms with Crippen molar-refractivity contribution < 1.29 is 9.84 Å². The quantitative estimate of drug-likeness (QED) is 0.791. The van der Waals surface area contributed by atoms with Crippen LogP contribution in [0.25, 0.3) is 0 Å². The number of halogens is 1. The first-order chi connectivity index (χ1) is 7.65. The number of ether oxygens (including phenoxy) is 1. The molecule has 0 unspecified atom stereocenters. The van der Waals surface area contributed by atoms with Gasteiger partial charge in [-0.25, -0.2) is 0 Å². The standard InChI is InChI=1S/C12H18BrNO2/c1-9(14)11-8-10(13)4-5-12(11)16-7-3-2-6-15/h4-5,8-9,15H,2-3,6-7,14H2,1H3/t9-/m1/s1. The highest BCUT2D eigenvalue weighted by molar-refractivity contribution is 9.10. The van der Waals surface area contributed by atoms with Crippen molar-refractivity contribution in [2.75, 3.05) is 13.2 Å². The Balaban J connectivity index is 2.64. The number of rotatable bonds is 6. The summed E-state index contributed by atoms with van der Waals surface area (Å²) in [5.74, 6) is 0.830. The summed E-state index contributed by atoms with van der Waals surface area (Å²) in [5, 5.41) is 8.66. The third kappa shape index (κ3) is 4.12. The van der Waals surface area contributed by atoms with Crippen molar-refractivity contribution in [2.45, 2.75) is 25.8 Å². The Morgan fingerprint density at radius 1 is 1.44 bits per heavy atom. The molecule has 16 heavy (non-hydrogen) atoms. The van der Waals surface area contributed by atoms with Gasteiger partial charge in [0.25, 0.3) is 0 Å². The van der Waals surface area contributed by atoms with E-state index in [1.54, 1.807) is 0 Å². The van der Waals surface area contributed by atoms with Gasteiger partial charge in [-0.05, 0) is 38.0 Å². The number of aliphatic hydroxyl groups excluding tert-OH is 1. The van der Waals surface area contributed by atoms with Gasteiger partial charge in [0.1, 0.15) is 5.75 Å². The number of nitrogens with two attached hydrogens (primary N) is 1. The van der Waals surface area contributed by atoms with Crippen molar-refractivity contribution in [3.05, 3.63) is 28.2 Å². The van der Waals surface area contributed by atoms with E-state index in [1.807, 2.05) is 25.1 Å². The van der Waals surface area contributed by atoms with E-state index in [2.05, 4.69) is 15.9 Å². The molecule has 1 rings (SSSR count). The molecule has 0 heterocycles. The van der Waals surface area contributed by atoms with Gasteiger partial charge in [-0.15, -0.1) is 0 Å². The van der Waals surface area contributed by atoms with Gasteiger partial charge in [0.2, 0.25) is 0 Å². The minimum atomic E-state index is -0.0506. The summed E-state index contributed by atoms with van der Waals surface area (Å²) in [7, 11) is 0. The molecule has 0 aliphatic heterocycles. The summed E-state index contributed by atoms with van der Waals surface area (Å²) in [5.41, 5.74) is 6.87. The summed E-state index contributed by atoms with van der Waals surface area (Å²) in [6.45, 7) is 2.76. The average Bonchev–Trinajstić information content (AvgIpc) is 2.26. The molecule has 0 spiro atoms. The third-order valence-electron chi connectivity index (χ3n) is 2.27. The lowest BCUT2D eigenvalue weighted by Gasteiger charge is -2.14. The molecule has 0 aliphatic carbocycles. The SMILES string of the molecule is C[C@@H](N)c1cc(Br)ccc1OCCCCO. The smallest absolute Gasteiger partial charge is 0.124 e. The van der Waals surface area contributed by atoms with Crippen LogP contribution in [0.2, 0.25) is 0 Å². The fourth-order valence-electron chi connectivity index (χ4n) is 1.40. The fraction of sp³-hybridized carbons (Fsp3) is 0.500. The van der Waals surface area contributed by atoms with Crippen molar-refractivity contribution in [1.82, 2.24) is 0 Å². The van der Waals surface area contributed by atoms with E-state index < -0.39 is 0 Å². The van der Waals surface area contributed by atoms with Gasteiger partial charge >= 0.3 is 0 Å². The molecular weight excluding hydrogens is 270 g/mol. The third-order valence-corrected chi connectivity index (χ3v) is 2.77. The molecule has 0 aliphatic rings. The Morgan fingerprint density at radius 3 is 2.81 bits per heavy atom. The van der Waals surface area contributed by atoms with Crippen LogP contribution in [0.5, 0.6) is 5.75 Å². The van der Waals surface area contributed by atoms with E-state index in [9.17, 15) is 0 Å². The Hall–Kier alpha value is -0.580. The number of hydrogen-bond acceptors (Lipinski definition) is 3. The molecule has 0 amide bonds. The normalized spacial score (nSPS) is 12.5. The van der Waals surface area contributed by atoms with E-state index in [0.29, 0.717) is 6.61 Å². The Bertz CT molecular complexity index is 329. The molecule has 3 nitrogen and oxygen atoms in total. The van der Waals surface area contributed by atoms with E-state index in [1.165, 1.54) is 0 Å². The molecule has 0 fully saturated rings.